The number of halogens is 1. The molecule has 0 saturated carbocycles. The largest absolute Gasteiger partial charge is 0.495 e. The van der Waals surface area contributed by atoms with Crippen molar-refractivity contribution in [2.24, 2.45) is 0 Å². The van der Waals surface area contributed by atoms with Crippen molar-refractivity contribution in [3.63, 3.8) is 0 Å². The molecule has 3 aromatic rings. The molecule has 1 fully saturated rings. The van der Waals surface area contributed by atoms with Gasteiger partial charge in [0.25, 0.3) is 5.91 Å². The van der Waals surface area contributed by atoms with Gasteiger partial charge in [0.2, 0.25) is 0 Å². The summed E-state index contributed by atoms with van der Waals surface area (Å²) in [7, 11) is 1.65. The lowest BCUT2D eigenvalue weighted by Gasteiger charge is -2.21. The van der Waals surface area contributed by atoms with Gasteiger partial charge in [0.05, 0.1) is 18.5 Å². The number of anilines is 1. The maximum absolute atomic E-state index is 12.9. The molecular formula is C21H22ClN3O3S. The van der Waals surface area contributed by atoms with E-state index in [2.05, 4.69) is 15.2 Å². The molecule has 2 aromatic heterocycles. The average molecular weight is 432 g/mol. The van der Waals surface area contributed by atoms with Crippen molar-refractivity contribution < 1.29 is 13.9 Å². The summed E-state index contributed by atoms with van der Waals surface area (Å²) in [5, 5.41) is 4.52. The number of nitrogens with zero attached hydrogens (tertiary/aromatic N) is 2. The van der Waals surface area contributed by atoms with E-state index in [-0.39, 0.29) is 11.9 Å². The lowest BCUT2D eigenvalue weighted by atomic mass is 10.2. The molecule has 1 aliphatic rings. The summed E-state index contributed by atoms with van der Waals surface area (Å²) in [6.45, 7) is 5.26. The molecular weight excluding hydrogens is 410 g/mol. The summed E-state index contributed by atoms with van der Waals surface area (Å²) < 4.78 is 11.1. The van der Waals surface area contributed by atoms with Crippen LogP contribution in [0.15, 0.2) is 34.7 Å². The van der Waals surface area contributed by atoms with Gasteiger partial charge in [0, 0.05) is 24.2 Å². The van der Waals surface area contributed by atoms with E-state index in [4.69, 9.17) is 20.8 Å². The van der Waals surface area contributed by atoms with Crippen LogP contribution in [0.2, 0.25) is 5.02 Å². The molecule has 1 unspecified atom stereocenters. The van der Waals surface area contributed by atoms with Crippen LogP contribution in [0.1, 0.15) is 27.5 Å². The second-order valence-corrected chi connectivity index (χ2v) is 8.50. The number of aryl methyl sites for hydroxylation is 2. The zero-order chi connectivity index (χ0) is 20.5. The number of ether oxygens (including phenoxy) is 1. The van der Waals surface area contributed by atoms with E-state index < -0.39 is 0 Å². The molecule has 1 aliphatic heterocycles. The van der Waals surface area contributed by atoms with Gasteiger partial charge < -0.3 is 19.4 Å². The number of rotatable bonds is 5. The highest BCUT2D eigenvalue weighted by Crippen LogP contribution is 2.34. The number of amides is 1. The summed E-state index contributed by atoms with van der Waals surface area (Å²) in [5.74, 6) is 2.19. The number of thiazole rings is 1. The first-order chi connectivity index (χ1) is 13.9. The second kappa shape index (κ2) is 8.08. The van der Waals surface area contributed by atoms with E-state index in [0.717, 1.165) is 35.2 Å². The third-order valence-corrected chi connectivity index (χ3v) is 6.36. The number of benzene rings is 1. The SMILES string of the molecule is COc1ccc(Cl)cc1N1CCC(NC(=O)c2sc(-c3ccc(C)o3)nc2C)C1. The van der Waals surface area contributed by atoms with Gasteiger partial charge in [-0.05, 0) is 50.6 Å². The molecule has 29 heavy (non-hydrogen) atoms. The fourth-order valence-electron chi connectivity index (χ4n) is 3.52. The minimum atomic E-state index is -0.0977. The van der Waals surface area contributed by atoms with Crippen molar-refractivity contribution in [3.8, 4) is 16.5 Å². The number of nitrogens with one attached hydrogen (secondary N) is 1. The molecule has 0 aliphatic carbocycles. The fraction of sp³-hybridized carbons (Fsp3) is 0.333. The van der Waals surface area contributed by atoms with Crippen LogP contribution >= 0.6 is 22.9 Å². The average Bonchev–Trinajstić information content (AvgIpc) is 3.41. The molecule has 4 rings (SSSR count). The smallest absolute Gasteiger partial charge is 0.263 e. The molecule has 8 heteroatoms. The van der Waals surface area contributed by atoms with Gasteiger partial charge >= 0.3 is 0 Å². The third kappa shape index (κ3) is 4.11. The first-order valence-corrected chi connectivity index (χ1v) is 10.6. The van der Waals surface area contributed by atoms with Gasteiger partial charge in [-0.25, -0.2) is 4.98 Å². The maximum atomic E-state index is 12.9. The quantitative estimate of drug-likeness (QED) is 0.634. The molecule has 3 heterocycles. The van der Waals surface area contributed by atoms with E-state index in [1.165, 1.54) is 11.3 Å². The highest BCUT2D eigenvalue weighted by Gasteiger charge is 2.28. The minimum absolute atomic E-state index is 0.0435. The Labute approximate surface area is 178 Å². The van der Waals surface area contributed by atoms with Crippen LogP contribution in [0.4, 0.5) is 5.69 Å². The number of hydrogen-bond acceptors (Lipinski definition) is 6. The predicted octanol–water partition coefficient (Wildman–Crippen LogP) is 4.69. The lowest BCUT2D eigenvalue weighted by Crippen LogP contribution is -2.37. The first kappa shape index (κ1) is 19.8. The molecule has 0 spiro atoms. The summed E-state index contributed by atoms with van der Waals surface area (Å²) in [4.78, 5) is 20.2. The second-order valence-electron chi connectivity index (χ2n) is 7.07. The monoisotopic (exact) mass is 431 g/mol. The van der Waals surface area contributed by atoms with Gasteiger partial charge in [0.15, 0.2) is 10.8 Å². The molecule has 6 nitrogen and oxygen atoms in total. The Morgan fingerprint density at radius 3 is 2.90 bits per heavy atom. The Bertz CT molecular complexity index is 1050. The van der Waals surface area contributed by atoms with Crippen LogP contribution in [-0.4, -0.2) is 37.1 Å². The van der Waals surface area contributed by atoms with Crippen LogP contribution in [0, 0.1) is 13.8 Å². The van der Waals surface area contributed by atoms with Crippen molar-refractivity contribution in [2.45, 2.75) is 26.3 Å². The molecule has 0 bridgehead atoms. The van der Waals surface area contributed by atoms with Gasteiger partial charge in [-0.15, -0.1) is 11.3 Å². The van der Waals surface area contributed by atoms with Crippen molar-refractivity contribution in [2.75, 3.05) is 25.1 Å². The van der Waals surface area contributed by atoms with Crippen LogP contribution in [0.5, 0.6) is 5.75 Å². The van der Waals surface area contributed by atoms with Crippen LogP contribution in [-0.2, 0) is 0 Å². The zero-order valence-corrected chi connectivity index (χ0v) is 18.1. The highest BCUT2D eigenvalue weighted by molar-refractivity contribution is 7.17. The molecule has 1 aromatic carbocycles. The third-order valence-electron chi connectivity index (χ3n) is 4.96. The van der Waals surface area contributed by atoms with Crippen molar-refractivity contribution in [1.82, 2.24) is 10.3 Å². The number of carbonyl (C=O) groups is 1. The van der Waals surface area contributed by atoms with Crippen LogP contribution in [0.25, 0.3) is 10.8 Å². The Balaban J connectivity index is 1.45. The summed E-state index contributed by atoms with van der Waals surface area (Å²) in [5.41, 5.74) is 1.66. The summed E-state index contributed by atoms with van der Waals surface area (Å²) in [6, 6.07) is 9.38. The van der Waals surface area contributed by atoms with E-state index in [1.54, 1.807) is 7.11 Å². The standard InChI is InChI=1S/C21H22ClN3O3S/c1-12-4-6-18(28-12)21-23-13(2)19(29-21)20(26)24-15-8-9-25(11-15)16-10-14(22)5-7-17(16)27-3/h4-7,10,15H,8-9,11H2,1-3H3,(H,24,26). The minimum Gasteiger partial charge on any atom is -0.495 e. The molecule has 1 atom stereocenters. The molecule has 0 radical (unpaired) electrons. The molecule has 1 amide bonds. The normalized spacial score (nSPS) is 16.3. The van der Waals surface area contributed by atoms with Gasteiger partial charge in [0.1, 0.15) is 16.4 Å². The van der Waals surface area contributed by atoms with Crippen molar-refractivity contribution in [1.29, 1.82) is 0 Å². The topological polar surface area (TPSA) is 67.6 Å². The summed E-state index contributed by atoms with van der Waals surface area (Å²) in [6.07, 6.45) is 0.851. The predicted molar refractivity (Wildman–Crippen MR) is 115 cm³/mol. The van der Waals surface area contributed by atoms with Gasteiger partial charge in [-0.3, -0.25) is 4.79 Å². The molecule has 1 N–H and O–H groups in total. The maximum Gasteiger partial charge on any atom is 0.263 e. The van der Waals surface area contributed by atoms with E-state index >= 15 is 0 Å². The fourth-order valence-corrected chi connectivity index (χ4v) is 4.62. The van der Waals surface area contributed by atoms with E-state index in [0.29, 0.717) is 27.9 Å². The Hall–Kier alpha value is -2.51. The Morgan fingerprint density at radius 2 is 2.17 bits per heavy atom. The van der Waals surface area contributed by atoms with Gasteiger partial charge in [-0.2, -0.15) is 0 Å². The molecule has 152 valence electrons. The number of methoxy groups -OCH3 is 1. The number of aromatic nitrogens is 1. The van der Waals surface area contributed by atoms with E-state index in [1.807, 2.05) is 44.2 Å². The van der Waals surface area contributed by atoms with E-state index in [9.17, 15) is 4.79 Å². The number of furan rings is 1. The Kier molecular flexibility index (Phi) is 5.52. The summed E-state index contributed by atoms with van der Waals surface area (Å²) >= 11 is 7.51. The zero-order valence-electron chi connectivity index (χ0n) is 16.5. The number of carbonyl (C=O) groups excluding carboxylic acids is 1. The van der Waals surface area contributed by atoms with Crippen molar-refractivity contribution >= 4 is 34.5 Å². The van der Waals surface area contributed by atoms with Crippen LogP contribution < -0.4 is 15.0 Å². The highest BCUT2D eigenvalue weighted by atomic mass is 35.5. The van der Waals surface area contributed by atoms with Gasteiger partial charge in [-0.1, -0.05) is 11.6 Å². The number of hydrogen-bond donors (Lipinski definition) is 1. The Morgan fingerprint density at radius 1 is 1.34 bits per heavy atom. The molecule has 1 saturated heterocycles. The van der Waals surface area contributed by atoms with Crippen LogP contribution in [0.3, 0.4) is 0 Å². The van der Waals surface area contributed by atoms with Crippen molar-refractivity contribution in [3.05, 3.63) is 51.7 Å². The first-order valence-electron chi connectivity index (χ1n) is 9.38. The lowest BCUT2D eigenvalue weighted by molar-refractivity contribution is 0.0943.